The van der Waals surface area contributed by atoms with Gasteiger partial charge in [0.15, 0.2) is 0 Å². The van der Waals surface area contributed by atoms with E-state index in [1.165, 1.54) is 0 Å². The number of ether oxygens (including phenoxy) is 1. The van der Waals surface area contributed by atoms with Crippen molar-refractivity contribution in [2.24, 2.45) is 0 Å². The molecule has 4 aromatic carbocycles. The van der Waals surface area contributed by atoms with Gasteiger partial charge in [0.2, 0.25) is 0 Å². The fourth-order valence-electron chi connectivity index (χ4n) is 4.53. The van der Waals surface area contributed by atoms with Crippen molar-refractivity contribution in [3.8, 4) is 11.4 Å². The molecule has 6 nitrogen and oxygen atoms in total. The first-order valence-corrected chi connectivity index (χ1v) is 13.1. The lowest BCUT2D eigenvalue weighted by Gasteiger charge is -2.31. The number of carbonyl (C=O) groups is 1. The Balaban J connectivity index is 1.70. The maximum Gasteiger partial charge on any atom is 0.266 e. The van der Waals surface area contributed by atoms with E-state index in [1.54, 1.807) is 77.2 Å². The molecule has 1 amide bonds. The molecule has 0 spiro atoms. The zero-order valence-electron chi connectivity index (χ0n) is 21.3. The van der Waals surface area contributed by atoms with Crippen LogP contribution in [0.3, 0.4) is 0 Å². The molecule has 0 aliphatic heterocycles. The van der Waals surface area contributed by atoms with Crippen LogP contribution in [0.1, 0.15) is 34.7 Å². The third kappa shape index (κ3) is 5.39. The molecular weight excluding hydrogens is 533 g/mol. The lowest BCUT2D eigenvalue weighted by atomic mass is 10.1. The molecule has 1 heterocycles. The second-order valence-electron chi connectivity index (χ2n) is 9.04. The summed E-state index contributed by atoms with van der Waals surface area (Å²) in [6, 6.07) is 28.2. The van der Waals surface area contributed by atoms with Gasteiger partial charge in [-0.15, -0.1) is 0 Å². The maximum absolute atomic E-state index is 14.0. The van der Waals surface area contributed by atoms with Gasteiger partial charge in [-0.25, -0.2) is 4.98 Å². The lowest BCUT2D eigenvalue weighted by Crippen LogP contribution is -2.37. The quantitative estimate of drug-likeness (QED) is 0.214. The predicted molar refractivity (Wildman–Crippen MR) is 155 cm³/mol. The van der Waals surface area contributed by atoms with E-state index in [1.807, 2.05) is 43.3 Å². The van der Waals surface area contributed by atoms with E-state index in [2.05, 4.69) is 0 Å². The van der Waals surface area contributed by atoms with E-state index in [0.717, 1.165) is 5.56 Å². The van der Waals surface area contributed by atoms with Gasteiger partial charge in [-0.3, -0.25) is 14.2 Å². The molecule has 5 aromatic rings. The zero-order chi connectivity index (χ0) is 27.5. The van der Waals surface area contributed by atoms with Gasteiger partial charge in [0.05, 0.1) is 40.3 Å². The van der Waals surface area contributed by atoms with Gasteiger partial charge in [0.1, 0.15) is 11.6 Å². The predicted octanol–water partition coefficient (Wildman–Crippen LogP) is 7.10. The smallest absolute Gasteiger partial charge is 0.266 e. The van der Waals surface area contributed by atoms with Gasteiger partial charge < -0.3 is 9.64 Å². The van der Waals surface area contributed by atoms with Crippen LogP contribution < -0.4 is 10.3 Å². The van der Waals surface area contributed by atoms with Crippen LogP contribution in [0, 0.1) is 0 Å². The third-order valence-corrected chi connectivity index (χ3v) is 7.14. The number of hydrogen-bond donors (Lipinski definition) is 0. The summed E-state index contributed by atoms with van der Waals surface area (Å²) < 4.78 is 6.87. The molecule has 0 aliphatic carbocycles. The molecule has 8 heteroatoms. The van der Waals surface area contributed by atoms with Crippen LogP contribution >= 0.6 is 23.2 Å². The van der Waals surface area contributed by atoms with E-state index in [4.69, 9.17) is 32.9 Å². The molecule has 0 aliphatic rings. The van der Waals surface area contributed by atoms with Crippen molar-refractivity contribution in [2.75, 3.05) is 7.11 Å². The first-order valence-electron chi connectivity index (χ1n) is 12.3. The first-order chi connectivity index (χ1) is 18.9. The Morgan fingerprint density at radius 3 is 2.33 bits per heavy atom. The van der Waals surface area contributed by atoms with Crippen LogP contribution in [0.5, 0.6) is 5.75 Å². The Labute approximate surface area is 236 Å². The van der Waals surface area contributed by atoms with Crippen LogP contribution in [0.4, 0.5) is 0 Å². The number of methoxy groups -OCH3 is 1. The highest BCUT2D eigenvalue weighted by atomic mass is 35.5. The Bertz CT molecular complexity index is 1700. The Morgan fingerprint density at radius 1 is 0.949 bits per heavy atom. The zero-order valence-corrected chi connectivity index (χ0v) is 22.9. The van der Waals surface area contributed by atoms with Crippen molar-refractivity contribution in [2.45, 2.75) is 19.5 Å². The highest BCUT2D eigenvalue weighted by Crippen LogP contribution is 2.29. The number of rotatable bonds is 7. The fourth-order valence-corrected chi connectivity index (χ4v) is 5.02. The van der Waals surface area contributed by atoms with Crippen molar-refractivity contribution in [1.29, 1.82) is 0 Å². The second kappa shape index (κ2) is 11.3. The minimum Gasteiger partial charge on any atom is -0.497 e. The van der Waals surface area contributed by atoms with Gasteiger partial charge in [-0.05, 0) is 67.1 Å². The summed E-state index contributed by atoms with van der Waals surface area (Å²) in [7, 11) is 1.58. The van der Waals surface area contributed by atoms with Crippen molar-refractivity contribution in [1.82, 2.24) is 14.5 Å². The maximum atomic E-state index is 14.0. The second-order valence-corrected chi connectivity index (χ2v) is 9.89. The summed E-state index contributed by atoms with van der Waals surface area (Å²) in [6.45, 7) is 2.13. The number of para-hydroxylation sites is 1. The van der Waals surface area contributed by atoms with Crippen molar-refractivity contribution < 1.29 is 9.53 Å². The van der Waals surface area contributed by atoms with E-state index in [-0.39, 0.29) is 23.0 Å². The standard InChI is InChI=1S/C31H25Cl2N3O3/c1-20(35(19-21-8-4-3-5-9-21)30(37)25-17-12-22(32)18-27(25)33)29-34-28-11-7-6-10-26(28)31(38)36(29)23-13-15-24(39-2)16-14-23/h3-18,20H,19H2,1-2H3. The Kier molecular flexibility index (Phi) is 7.68. The fraction of sp³-hybridized carbons (Fsp3) is 0.129. The topological polar surface area (TPSA) is 64.4 Å². The minimum absolute atomic E-state index is 0.232. The van der Waals surface area contributed by atoms with Crippen LogP contribution in [-0.4, -0.2) is 27.5 Å². The highest BCUT2D eigenvalue weighted by molar-refractivity contribution is 6.36. The van der Waals surface area contributed by atoms with Crippen molar-refractivity contribution in [3.05, 3.63) is 134 Å². The number of fused-ring (bicyclic) bond motifs is 1. The van der Waals surface area contributed by atoms with E-state index in [0.29, 0.717) is 38.8 Å². The summed E-state index contributed by atoms with van der Waals surface area (Å²) in [6.07, 6.45) is 0. The summed E-state index contributed by atoms with van der Waals surface area (Å²) in [4.78, 5) is 34.5. The largest absolute Gasteiger partial charge is 0.497 e. The lowest BCUT2D eigenvalue weighted by molar-refractivity contribution is 0.0664. The molecule has 0 saturated carbocycles. The summed E-state index contributed by atoms with van der Waals surface area (Å²) in [5.74, 6) is 0.767. The van der Waals surface area contributed by atoms with Crippen LogP contribution in [-0.2, 0) is 6.54 Å². The highest BCUT2D eigenvalue weighted by Gasteiger charge is 2.29. The molecule has 5 rings (SSSR count). The van der Waals surface area contributed by atoms with Crippen LogP contribution in [0.25, 0.3) is 16.6 Å². The molecule has 1 atom stereocenters. The number of carbonyl (C=O) groups excluding carboxylic acids is 1. The van der Waals surface area contributed by atoms with Gasteiger partial charge in [0, 0.05) is 11.6 Å². The van der Waals surface area contributed by atoms with Crippen LogP contribution in [0.15, 0.2) is 102 Å². The number of hydrogen-bond acceptors (Lipinski definition) is 4. The molecule has 39 heavy (non-hydrogen) atoms. The molecule has 196 valence electrons. The molecule has 0 bridgehead atoms. The summed E-state index contributed by atoms with van der Waals surface area (Å²) in [5.41, 5.74) is 2.15. The van der Waals surface area contributed by atoms with Gasteiger partial charge in [-0.2, -0.15) is 0 Å². The SMILES string of the molecule is COc1ccc(-n2c(C(C)N(Cc3ccccc3)C(=O)c3ccc(Cl)cc3Cl)nc3ccccc3c2=O)cc1. The van der Waals surface area contributed by atoms with E-state index in [9.17, 15) is 9.59 Å². The summed E-state index contributed by atoms with van der Waals surface area (Å²) in [5, 5.41) is 1.16. The average Bonchev–Trinajstić information content (AvgIpc) is 2.96. The van der Waals surface area contributed by atoms with Gasteiger partial charge in [-0.1, -0.05) is 65.7 Å². The minimum atomic E-state index is -0.621. The van der Waals surface area contributed by atoms with E-state index < -0.39 is 6.04 Å². The van der Waals surface area contributed by atoms with Crippen LogP contribution in [0.2, 0.25) is 10.0 Å². The average molecular weight is 558 g/mol. The molecule has 1 unspecified atom stereocenters. The number of amides is 1. The molecule has 1 aromatic heterocycles. The van der Waals surface area contributed by atoms with Gasteiger partial charge in [0.25, 0.3) is 11.5 Å². The van der Waals surface area contributed by atoms with Crippen molar-refractivity contribution >= 4 is 40.0 Å². The molecule has 0 radical (unpaired) electrons. The number of halogens is 2. The first kappa shape index (κ1) is 26.5. The van der Waals surface area contributed by atoms with Crippen molar-refractivity contribution in [3.63, 3.8) is 0 Å². The third-order valence-electron chi connectivity index (χ3n) is 6.59. The number of nitrogens with zero attached hydrogens (tertiary/aromatic N) is 3. The summed E-state index contributed by atoms with van der Waals surface area (Å²) >= 11 is 12.6. The van der Waals surface area contributed by atoms with Gasteiger partial charge >= 0.3 is 0 Å². The number of aromatic nitrogens is 2. The monoisotopic (exact) mass is 557 g/mol. The normalized spacial score (nSPS) is 11.8. The molecule has 0 fully saturated rings. The molecule has 0 saturated heterocycles. The molecule has 0 N–H and O–H groups in total. The number of benzene rings is 4. The Morgan fingerprint density at radius 2 is 1.64 bits per heavy atom. The molecular formula is C31H25Cl2N3O3. The van der Waals surface area contributed by atoms with E-state index >= 15 is 0 Å². The Hall–Kier alpha value is -4.13.